The first kappa shape index (κ1) is 10.6. The minimum atomic E-state index is 0.519. The van der Waals surface area contributed by atoms with Gasteiger partial charge in [0.05, 0.1) is 0 Å². The fraction of sp³-hybridized carbons (Fsp3) is 0.462. The minimum Gasteiger partial charge on any atom is -0.367 e. The minimum absolute atomic E-state index is 0.519. The van der Waals surface area contributed by atoms with Crippen molar-refractivity contribution in [2.24, 2.45) is 0 Å². The summed E-state index contributed by atoms with van der Waals surface area (Å²) in [6.07, 6.45) is 7.66. The molecule has 2 aromatic rings. The number of fused-ring (bicyclic) bond motifs is 1. The predicted molar refractivity (Wildman–Crippen MR) is 69.3 cm³/mol. The van der Waals surface area contributed by atoms with Crippen LogP contribution in [0.4, 0.5) is 5.82 Å². The van der Waals surface area contributed by atoms with E-state index in [1.165, 1.54) is 19.3 Å². The molecule has 0 bridgehead atoms. The van der Waals surface area contributed by atoms with Crippen LogP contribution in [0.15, 0.2) is 30.6 Å². The molecule has 17 heavy (non-hydrogen) atoms. The highest BCUT2D eigenvalue weighted by Gasteiger charge is 2.12. The van der Waals surface area contributed by atoms with Crippen molar-refractivity contribution in [1.82, 2.24) is 14.7 Å². The average molecular weight is 230 g/mol. The molecule has 1 aliphatic rings. The fourth-order valence-corrected chi connectivity index (χ4v) is 2.42. The topological polar surface area (TPSA) is 41.4 Å². The zero-order valence-electron chi connectivity index (χ0n) is 9.89. The van der Waals surface area contributed by atoms with Gasteiger partial charge in [0, 0.05) is 25.0 Å². The summed E-state index contributed by atoms with van der Waals surface area (Å²) < 4.78 is 2.10. The van der Waals surface area contributed by atoms with Gasteiger partial charge in [-0.15, -0.1) is 0 Å². The largest absolute Gasteiger partial charge is 0.367 e. The first-order chi connectivity index (χ1) is 8.43. The van der Waals surface area contributed by atoms with Crippen molar-refractivity contribution in [2.45, 2.75) is 25.3 Å². The number of hydrogen-bond donors (Lipinski definition) is 2. The summed E-state index contributed by atoms with van der Waals surface area (Å²) in [6, 6.07) is 6.70. The third-order valence-corrected chi connectivity index (χ3v) is 3.33. The maximum Gasteiger partial charge on any atom is 0.138 e. The molecule has 2 aromatic heterocycles. The summed E-state index contributed by atoms with van der Waals surface area (Å²) in [5, 5.41) is 7.08. The van der Waals surface area contributed by atoms with Crippen LogP contribution < -0.4 is 10.6 Å². The fourth-order valence-electron chi connectivity index (χ4n) is 2.42. The number of imidazole rings is 1. The van der Waals surface area contributed by atoms with Crippen molar-refractivity contribution in [2.75, 3.05) is 18.4 Å². The zero-order valence-corrected chi connectivity index (χ0v) is 9.89. The molecule has 3 rings (SSSR count). The van der Waals surface area contributed by atoms with Crippen molar-refractivity contribution < 1.29 is 0 Å². The van der Waals surface area contributed by atoms with E-state index in [0.29, 0.717) is 6.04 Å². The maximum atomic E-state index is 4.30. The van der Waals surface area contributed by atoms with E-state index < -0.39 is 0 Å². The molecule has 1 fully saturated rings. The van der Waals surface area contributed by atoms with Crippen LogP contribution in [0.2, 0.25) is 0 Å². The van der Waals surface area contributed by atoms with Gasteiger partial charge in [-0.2, -0.15) is 0 Å². The molecule has 1 atom stereocenters. The van der Waals surface area contributed by atoms with E-state index in [2.05, 4.69) is 32.2 Å². The number of nitrogens with one attached hydrogen (secondary N) is 2. The van der Waals surface area contributed by atoms with Gasteiger partial charge in [-0.05, 0) is 31.5 Å². The molecule has 4 nitrogen and oxygen atoms in total. The summed E-state index contributed by atoms with van der Waals surface area (Å²) in [4.78, 5) is 4.30. The van der Waals surface area contributed by atoms with Gasteiger partial charge in [0.25, 0.3) is 0 Å². The Morgan fingerprint density at radius 3 is 3.35 bits per heavy atom. The molecule has 0 radical (unpaired) electrons. The summed E-state index contributed by atoms with van der Waals surface area (Å²) in [5.41, 5.74) is 0.997. The Hall–Kier alpha value is -1.55. The normalized spacial score (nSPS) is 21.3. The lowest BCUT2D eigenvalue weighted by Crippen LogP contribution is -2.31. The number of anilines is 1. The summed E-state index contributed by atoms with van der Waals surface area (Å²) in [7, 11) is 0. The Bertz CT molecular complexity index is 483. The van der Waals surface area contributed by atoms with Gasteiger partial charge in [-0.1, -0.05) is 12.5 Å². The van der Waals surface area contributed by atoms with Gasteiger partial charge < -0.3 is 10.6 Å². The molecule has 90 valence electrons. The molecule has 0 aliphatic carbocycles. The highest BCUT2D eigenvalue weighted by Crippen LogP contribution is 2.14. The average Bonchev–Trinajstić information content (AvgIpc) is 2.69. The molecule has 0 spiro atoms. The highest BCUT2D eigenvalue weighted by atomic mass is 15.1. The lowest BCUT2D eigenvalue weighted by atomic mass is 10.1. The summed E-state index contributed by atoms with van der Waals surface area (Å²) >= 11 is 0. The molecule has 0 saturated carbocycles. The van der Waals surface area contributed by atoms with Crippen LogP contribution in [0.1, 0.15) is 19.3 Å². The van der Waals surface area contributed by atoms with Crippen LogP contribution in [0, 0.1) is 0 Å². The van der Waals surface area contributed by atoms with E-state index in [9.17, 15) is 0 Å². The Kier molecular flexibility index (Phi) is 2.96. The number of aromatic nitrogens is 2. The van der Waals surface area contributed by atoms with Crippen LogP contribution in [0.3, 0.4) is 0 Å². The van der Waals surface area contributed by atoms with Crippen molar-refractivity contribution in [1.29, 1.82) is 0 Å². The number of hydrogen-bond acceptors (Lipinski definition) is 3. The number of pyridine rings is 1. The zero-order chi connectivity index (χ0) is 11.5. The van der Waals surface area contributed by atoms with Gasteiger partial charge in [0.15, 0.2) is 0 Å². The van der Waals surface area contributed by atoms with Crippen LogP contribution in [-0.2, 0) is 0 Å². The molecule has 2 N–H and O–H groups in total. The second-order valence-corrected chi connectivity index (χ2v) is 4.61. The third kappa shape index (κ3) is 2.26. The van der Waals surface area contributed by atoms with Crippen LogP contribution in [0.5, 0.6) is 0 Å². The van der Waals surface area contributed by atoms with Gasteiger partial charge in [0.1, 0.15) is 11.5 Å². The molecule has 0 amide bonds. The standard InChI is InChI=1S/C13H18N4/c1-2-7-14-10-11(4-1)16-13-6-3-5-12-15-8-9-17(12)13/h3,5-6,8-9,11,14,16H,1-2,4,7,10H2. The van der Waals surface area contributed by atoms with E-state index in [-0.39, 0.29) is 0 Å². The first-order valence-electron chi connectivity index (χ1n) is 6.33. The second-order valence-electron chi connectivity index (χ2n) is 4.61. The smallest absolute Gasteiger partial charge is 0.138 e. The van der Waals surface area contributed by atoms with Crippen LogP contribution in [-0.4, -0.2) is 28.5 Å². The van der Waals surface area contributed by atoms with Crippen molar-refractivity contribution in [3.63, 3.8) is 0 Å². The maximum absolute atomic E-state index is 4.30. The van der Waals surface area contributed by atoms with Gasteiger partial charge in [-0.3, -0.25) is 4.40 Å². The molecule has 1 saturated heterocycles. The Morgan fingerprint density at radius 2 is 2.35 bits per heavy atom. The SMILES string of the molecule is c1cc(NC2CCCCNC2)n2ccnc2c1. The van der Waals surface area contributed by atoms with Crippen molar-refractivity contribution in [3.8, 4) is 0 Å². The van der Waals surface area contributed by atoms with E-state index in [0.717, 1.165) is 24.6 Å². The molecule has 3 heterocycles. The molecule has 0 aromatic carbocycles. The van der Waals surface area contributed by atoms with E-state index in [4.69, 9.17) is 0 Å². The predicted octanol–water partition coefficient (Wildman–Crippen LogP) is 1.89. The molecule has 1 aliphatic heterocycles. The lowest BCUT2D eigenvalue weighted by Gasteiger charge is -2.18. The van der Waals surface area contributed by atoms with Crippen molar-refractivity contribution >= 4 is 11.5 Å². The van der Waals surface area contributed by atoms with E-state index in [1.807, 2.05) is 18.5 Å². The molecular weight excluding hydrogens is 212 g/mol. The van der Waals surface area contributed by atoms with Gasteiger partial charge in [0.2, 0.25) is 0 Å². The molecule has 1 unspecified atom stereocenters. The van der Waals surface area contributed by atoms with Crippen LogP contribution in [0.25, 0.3) is 5.65 Å². The molecular formula is C13H18N4. The highest BCUT2D eigenvalue weighted by molar-refractivity contribution is 5.50. The Balaban J connectivity index is 1.81. The Morgan fingerprint density at radius 1 is 1.35 bits per heavy atom. The van der Waals surface area contributed by atoms with Crippen molar-refractivity contribution in [3.05, 3.63) is 30.6 Å². The first-order valence-corrected chi connectivity index (χ1v) is 6.33. The summed E-state index contributed by atoms with van der Waals surface area (Å²) in [5.74, 6) is 1.13. The van der Waals surface area contributed by atoms with Gasteiger partial charge in [-0.25, -0.2) is 4.98 Å². The lowest BCUT2D eigenvalue weighted by molar-refractivity contribution is 0.633. The summed E-state index contributed by atoms with van der Waals surface area (Å²) in [6.45, 7) is 2.19. The van der Waals surface area contributed by atoms with Crippen LogP contribution >= 0.6 is 0 Å². The second kappa shape index (κ2) is 4.75. The van der Waals surface area contributed by atoms with Gasteiger partial charge >= 0.3 is 0 Å². The quantitative estimate of drug-likeness (QED) is 0.827. The Labute approximate surface area is 101 Å². The number of rotatable bonds is 2. The van der Waals surface area contributed by atoms with E-state index >= 15 is 0 Å². The third-order valence-electron chi connectivity index (χ3n) is 3.33. The monoisotopic (exact) mass is 230 g/mol. The number of nitrogens with zero attached hydrogens (tertiary/aromatic N) is 2. The van der Waals surface area contributed by atoms with E-state index in [1.54, 1.807) is 0 Å². The molecule has 4 heteroatoms.